The largest absolute Gasteiger partial charge is 0.478 e. The maximum atomic E-state index is 11.5. The zero-order valence-corrected chi connectivity index (χ0v) is 16.0. The van der Waals surface area contributed by atoms with Crippen LogP contribution in [-0.2, 0) is 0 Å². The zero-order valence-electron chi connectivity index (χ0n) is 16.0. The zero-order chi connectivity index (χ0) is 23.4. The molecule has 3 aromatic rings. The molecule has 0 fully saturated rings. The Kier molecular flexibility index (Phi) is 6.06. The van der Waals surface area contributed by atoms with Gasteiger partial charge in [-0.3, -0.25) is 0 Å². The Balaban J connectivity index is 1.91. The fourth-order valence-electron chi connectivity index (χ4n) is 2.83. The molecule has 0 aromatic heterocycles. The Labute approximate surface area is 179 Å². The molecule has 0 saturated heterocycles. The lowest BCUT2D eigenvalue weighted by Crippen LogP contribution is -2.09. The third-order valence-electron chi connectivity index (χ3n) is 4.19. The maximum Gasteiger partial charge on any atom is 0.340 e. The van der Waals surface area contributed by atoms with E-state index in [4.69, 9.17) is 14.6 Å². The minimum atomic E-state index is -1.48. The Morgan fingerprint density at radius 1 is 0.531 bits per heavy atom. The Morgan fingerprint density at radius 3 is 1.69 bits per heavy atom. The van der Waals surface area contributed by atoms with Crippen molar-refractivity contribution in [3.05, 3.63) is 82.9 Å². The molecule has 0 spiro atoms. The van der Waals surface area contributed by atoms with E-state index < -0.39 is 46.1 Å². The van der Waals surface area contributed by atoms with E-state index >= 15 is 0 Å². The molecule has 0 heterocycles. The molecule has 0 saturated carbocycles. The normalized spacial score (nSPS) is 10.2. The van der Waals surface area contributed by atoms with E-state index in [0.717, 1.165) is 18.2 Å². The smallest absolute Gasteiger partial charge is 0.340 e. The Morgan fingerprint density at radius 2 is 1.09 bits per heavy atom. The number of carboxylic acids is 4. The molecule has 0 bridgehead atoms. The minimum Gasteiger partial charge on any atom is -0.478 e. The van der Waals surface area contributed by atoms with Crippen LogP contribution in [0.1, 0.15) is 41.4 Å². The molecule has 10 nitrogen and oxygen atoms in total. The van der Waals surface area contributed by atoms with Crippen LogP contribution in [0.4, 0.5) is 0 Å². The van der Waals surface area contributed by atoms with Gasteiger partial charge in [0.15, 0.2) is 0 Å². The molecule has 0 aliphatic heterocycles. The highest BCUT2D eigenvalue weighted by atomic mass is 16.5. The molecule has 0 radical (unpaired) electrons. The first-order chi connectivity index (χ1) is 15.2. The number of benzene rings is 3. The summed E-state index contributed by atoms with van der Waals surface area (Å²) in [4.78, 5) is 45.3. The summed E-state index contributed by atoms with van der Waals surface area (Å²) in [5.74, 6) is -5.61. The minimum absolute atomic E-state index is 0.0450. The number of carboxylic acid groups (broad SMARTS) is 4. The number of ether oxygens (including phenoxy) is 2. The maximum absolute atomic E-state index is 11.5. The molecular formula is C22H14O10. The summed E-state index contributed by atoms with van der Waals surface area (Å²) in [6.07, 6.45) is 0. The standard InChI is InChI=1S/C22H14O10/c23-19(24)14-8-7-13(10-16(14)21(27)28)31-11-3-1-4-12(9-11)32-17-6-2-5-15(20(25)26)18(17)22(29)30/h1-10H,(H,23,24)(H,25,26)(H,27,28)(H,29,30). The summed E-state index contributed by atoms with van der Waals surface area (Å²) in [6.45, 7) is 0. The number of carbonyl (C=O) groups is 4. The van der Waals surface area contributed by atoms with Crippen LogP contribution in [0.3, 0.4) is 0 Å². The fraction of sp³-hybridized carbons (Fsp3) is 0. The van der Waals surface area contributed by atoms with Crippen LogP contribution in [0, 0.1) is 0 Å². The van der Waals surface area contributed by atoms with Gasteiger partial charge in [-0.25, -0.2) is 19.2 Å². The summed E-state index contributed by atoms with van der Waals surface area (Å²) in [5, 5.41) is 36.9. The van der Waals surface area contributed by atoms with Gasteiger partial charge in [0.2, 0.25) is 0 Å². The SMILES string of the molecule is O=C(O)c1ccc(Oc2cccc(Oc3cccc(C(=O)O)c3C(=O)O)c2)cc1C(=O)O. The predicted octanol–water partition coefficient (Wildman–Crippen LogP) is 4.06. The lowest BCUT2D eigenvalue weighted by molar-refractivity contribution is 0.0649. The van der Waals surface area contributed by atoms with Crippen molar-refractivity contribution in [2.75, 3.05) is 0 Å². The summed E-state index contributed by atoms with van der Waals surface area (Å²) >= 11 is 0. The van der Waals surface area contributed by atoms with Gasteiger partial charge in [0, 0.05) is 6.07 Å². The van der Waals surface area contributed by atoms with Crippen LogP contribution in [0.5, 0.6) is 23.0 Å². The average Bonchev–Trinajstić information content (AvgIpc) is 2.73. The fourth-order valence-corrected chi connectivity index (χ4v) is 2.83. The van der Waals surface area contributed by atoms with E-state index in [0.29, 0.717) is 0 Å². The van der Waals surface area contributed by atoms with Crippen LogP contribution in [0.25, 0.3) is 0 Å². The Hall–Kier alpha value is -4.86. The first-order valence-electron chi connectivity index (χ1n) is 8.83. The van der Waals surface area contributed by atoms with Crippen molar-refractivity contribution < 1.29 is 49.1 Å². The molecule has 4 N–H and O–H groups in total. The molecule has 0 aliphatic rings. The first kappa shape index (κ1) is 21.8. The van der Waals surface area contributed by atoms with Crippen molar-refractivity contribution >= 4 is 23.9 Å². The van der Waals surface area contributed by atoms with Crippen LogP contribution < -0.4 is 9.47 Å². The van der Waals surface area contributed by atoms with Crippen LogP contribution in [-0.4, -0.2) is 44.3 Å². The first-order valence-corrected chi connectivity index (χ1v) is 8.83. The molecule has 10 heteroatoms. The van der Waals surface area contributed by atoms with Crippen molar-refractivity contribution in [3.8, 4) is 23.0 Å². The number of hydrogen-bond acceptors (Lipinski definition) is 6. The average molecular weight is 438 g/mol. The lowest BCUT2D eigenvalue weighted by atomic mass is 10.1. The summed E-state index contributed by atoms with van der Waals surface area (Å²) in [5.41, 5.74) is -1.83. The highest BCUT2D eigenvalue weighted by Crippen LogP contribution is 2.32. The van der Waals surface area contributed by atoms with Gasteiger partial charge in [-0.15, -0.1) is 0 Å². The molecular weight excluding hydrogens is 424 g/mol. The molecule has 0 amide bonds. The van der Waals surface area contributed by atoms with E-state index in [2.05, 4.69) is 0 Å². The van der Waals surface area contributed by atoms with Crippen molar-refractivity contribution in [1.82, 2.24) is 0 Å². The predicted molar refractivity (Wildman–Crippen MR) is 107 cm³/mol. The van der Waals surface area contributed by atoms with Crippen molar-refractivity contribution in [3.63, 3.8) is 0 Å². The highest BCUT2D eigenvalue weighted by molar-refractivity contribution is 6.04. The van der Waals surface area contributed by atoms with Crippen LogP contribution in [0.2, 0.25) is 0 Å². The topological polar surface area (TPSA) is 168 Å². The number of hydrogen-bond donors (Lipinski definition) is 4. The Bertz CT molecular complexity index is 1250. The molecule has 3 aromatic carbocycles. The van der Waals surface area contributed by atoms with Gasteiger partial charge >= 0.3 is 23.9 Å². The van der Waals surface area contributed by atoms with E-state index in [-0.39, 0.29) is 23.0 Å². The van der Waals surface area contributed by atoms with E-state index in [9.17, 15) is 34.5 Å². The van der Waals surface area contributed by atoms with Gasteiger partial charge in [-0.1, -0.05) is 12.1 Å². The van der Waals surface area contributed by atoms with Gasteiger partial charge in [-0.2, -0.15) is 0 Å². The molecule has 162 valence electrons. The highest BCUT2D eigenvalue weighted by Gasteiger charge is 2.22. The number of rotatable bonds is 8. The molecule has 3 rings (SSSR count). The van der Waals surface area contributed by atoms with Crippen molar-refractivity contribution in [2.45, 2.75) is 0 Å². The van der Waals surface area contributed by atoms with Gasteiger partial charge in [0.05, 0.1) is 16.7 Å². The third kappa shape index (κ3) is 4.65. The van der Waals surface area contributed by atoms with Crippen LogP contribution >= 0.6 is 0 Å². The third-order valence-corrected chi connectivity index (χ3v) is 4.19. The summed E-state index contributed by atoms with van der Waals surface area (Å²) in [7, 11) is 0. The monoisotopic (exact) mass is 438 g/mol. The van der Waals surface area contributed by atoms with Gasteiger partial charge in [0.25, 0.3) is 0 Å². The molecule has 32 heavy (non-hydrogen) atoms. The molecule has 0 unspecified atom stereocenters. The van der Waals surface area contributed by atoms with E-state index in [1.165, 1.54) is 42.5 Å². The second kappa shape index (κ2) is 8.88. The van der Waals surface area contributed by atoms with Crippen molar-refractivity contribution in [2.24, 2.45) is 0 Å². The second-order valence-electron chi connectivity index (χ2n) is 6.29. The quantitative estimate of drug-likeness (QED) is 0.402. The number of aromatic carboxylic acids is 4. The summed E-state index contributed by atoms with van der Waals surface area (Å²) < 4.78 is 11.1. The van der Waals surface area contributed by atoms with E-state index in [1.54, 1.807) is 0 Å². The van der Waals surface area contributed by atoms with Gasteiger partial charge in [0.1, 0.15) is 28.6 Å². The van der Waals surface area contributed by atoms with Crippen LogP contribution in [0.15, 0.2) is 60.7 Å². The second-order valence-corrected chi connectivity index (χ2v) is 6.29. The van der Waals surface area contributed by atoms with E-state index in [1.807, 2.05) is 0 Å². The molecule has 0 aliphatic carbocycles. The van der Waals surface area contributed by atoms with Gasteiger partial charge < -0.3 is 29.9 Å². The van der Waals surface area contributed by atoms with Gasteiger partial charge in [-0.05, 0) is 42.5 Å². The lowest BCUT2D eigenvalue weighted by Gasteiger charge is -2.12. The van der Waals surface area contributed by atoms with Crippen molar-refractivity contribution in [1.29, 1.82) is 0 Å². The summed E-state index contributed by atoms with van der Waals surface area (Å²) in [6, 6.07) is 13.1. The molecule has 0 atom stereocenters.